The lowest BCUT2D eigenvalue weighted by molar-refractivity contribution is -0.112. The van der Waals surface area contributed by atoms with Crippen LogP contribution in [0, 0.1) is 0 Å². The predicted octanol–water partition coefficient (Wildman–Crippen LogP) is 6.37. The first-order chi connectivity index (χ1) is 15.6. The molecule has 0 fully saturated rings. The number of anilines is 2. The van der Waals surface area contributed by atoms with Gasteiger partial charge < -0.3 is 19.7 Å². The van der Waals surface area contributed by atoms with Crippen LogP contribution in [0.3, 0.4) is 0 Å². The van der Waals surface area contributed by atoms with E-state index < -0.39 is 13.5 Å². The average Bonchev–Trinajstić information content (AvgIpc) is 2.81. The van der Waals surface area contributed by atoms with Crippen LogP contribution in [0.4, 0.5) is 11.4 Å². The zero-order valence-corrected chi connectivity index (χ0v) is 19.0. The average molecular weight is 450 g/mol. The maximum Gasteiger partial charge on any atom is 0.369 e. The van der Waals surface area contributed by atoms with Gasteiger partial charge in [0.05, 0.1) is 18.9 Å². The Kier molecular flexibility index (Phi) is 8.40. The van der Waals surface area contributed by atoms with Crippen LogP contribution in [0.1, 0.15) is 19.4 Å². The molecule has 0 atom stereocenters. The summed E-state index contributed by atoms with van der Waals surface area (Å²) in [6, 6.07) is 27.6. The molecule has 3 aromatic rings. The number of amides is 1. The topological polar surface area (TPSA) is 76.7 Å². The lowest BCUT2D eigenvalue weighted by atomic mass is 10.1. The van der Waals surface area contributed by atoms with E-state index in [9.17, 15) is 9.36 Å². The van der Waals surface area contributed by atoms with Crippen LogP contribution in [0.15, 0.2) is 96.3 Å². The van der Waals surface area contributed by atoms with Crippen molar-refractivity contribution in [3.05, 3.63) is 102 Å². The smallest absolute Gasteiger partial charge is 0.354 e. The second-order valence-corrected chi connectivity index (χ2v) is 8.69. The monoisotopic (exact) mass is 450 g/mol. The van der Waals surface area contributed by atoms with Crippen LogP contribution >= 0.6 is 7.60 Å². The Morgan fingerprint density at radius 1 is 0.719 bits per heavy atom. The number of hydrogen-bond donors (Lipinski definition) is 2. The SMILES string of the molecule is CCOP(=O)(OCC)/C(C(=O)Nc1ccccc1)=C(/Nc1ccccc1)c1ccccc1. The highest BCUT2D eigenvalue weighted by molar-refractivity contribution is 7.60. The Balaban J connectivity index is 2.22. The summed E-state index contributed by atoms with van der Waals surface area (Å²) in [5.41, 5.74) is 2.34. The number of para-hydroxylation sites is 2. The molecular weight excluding hydrogens is 423 g/mol. The van der Waals surface area contributed by atoms with Gasteiger partial charge in [-0.25, -0.2) is 0 Å². The van der Waals surface area contributed by atoms with Crippen LogP contribution in [0.5, 0.6) is 0 Å². The summed E-state index contributed by atoms with van der Waals surface area (Å²) in [4.78, 5) is 13.6. The van der Waals surface area contributed by atoms with Gasteiger partial charge in [0.2, 0.25) is 0 Å². The van der Waals surface area contributed by atoms with Gasteiger partial charge in [-0.1, -0.05) is 66.7 Å². The largest absolute Gasteiger partial charge is 0.369 e. The van der Waals surface area contributed by atoms with Crippen molar-refractivity contribution >= 4 is 30.6 Å². The van der Waals surface area contributed by atoms with Crippen molar-refractivity contribution in [1.29, 1.82) is 0 Å². The molecule has 0 spiro atoms. The number of carbonyl (C=O) groups is 1. The van der Waals surface area contributed by atoms with E-state index in [2.05, 4.69) is 10.6 Å². The summed E-state index contributed by atoms with van der Waals surface area (Å²) in [5.74, 6) is -0.566. The molecule has 166 valence electrons. The molecule has 3 aromatic carbocycles. The lowest BCUT2D eigenvalue weighted by Gasteiger charge is -2.24. The molecule has 32 heavy (non-hydrogen) atoms. The predicted molar refractivity (Wildman–Crippen MR) is 129 cm³/mol. The minimum Gasteiger partial charge on any atom is -0.354 e. The van der Waals surface area contributed by atoms with Crippen LogP contribution < -0.4 is 10.6 Å². The van der Waals surface area contributed by atoms with E-state index in [1.807, 2.05) is 78.9 Å². The number of carbonyl (C=O) groups excluding carboxylic acids is 1. The van der Waals surface area contributed by atoms with Gasteiger partial charge in [-0.15, -0.1) is 0 Å². The zero-order chi connectivity index (χ0) is 22.8. The fourth-order valence-corrected chi connectivity index (χ4v) is 4.91. The third-order valence-electron chi connectivity index (χ3n) is 4.46. The Morgan fingerprint density at radius 3 is 1.62 bits per heavy atom. The van der Waals surface area contributed by atoms with E-state index in [-0.39, 0.29) is 18.5 Å². The summed E-state index contributed by atoms with van der Waals surface area (Å²) in [6.45, 7) is 3.66. The molecule has 0 saturated heterocycles. The van der Waals surface area contributed by atoms with Gasteiger partial charge in [0.1, 0.15) is 0 Å². The Bertz CT molecular complexity index is 1080. The number of benzene rings is 3. The van der Waals surface area contributed by atoms with Crippen LogP contribution in [-0.4, -0.2) is 19.1 Å². The minimum absolute atomic E-state index is 0.0832. The third kappa shape index (κ3) is 5.95. The third-order valence-corrected chi connectivity index (χ3v) is 6.63. The Morgan fingerprint density at radius 2 is 1.16 bits per heavy atom. The van der Waals surface area contributed by atoms with Gasteiger partial charge >= 0.3 is 7.60 Å². The maximum absolute atomic E-state index is 13.9. The van der Waals surface area contributed by atoms with Crippen molar-refractivity contribution in [3.8, 4) is 0 Å². The molecule has 2 N–H and O–H groups in total. The summed E-state index contributed by atoms with van der Waals surface area (Å²) < 4.78 is 25.2. The molecule has 7 heteroatoms. The quantitative estimate of drug-likeness (QED) is 0.277. The molecule has 0 saturated carbocycles. The van der Waals surface area contributed by atoms with E-state index in [1.165, 1.54) is 0 Å². The van der Waals surface area contributed by atoms with Gasteiger partial charge in [-0.05, 0) is 43.7 Å². The maximum atomic E-state index is 13.9. The van der Waals surface area contributed by atoms with Gasteiger partial charge in [-0.3, -0.25) is 9.36 Å². The van der Waals surface area contributed by atoms with Crippen LogP contribution in [0.2, 0.25) is 0 Å². The van der Waals surface area contributed by atoms with E-state index in [4.69, 9.17) is 9.05 Å². The molecule has 0 aliphatic rings. The number of nitrogens with one attached hydrogen (secondary N) is 2. The van der Waals surface area contributed by atoms with Gasteiger partial charge in [0.15, 0.2) is 5.31 Å². The van der Waals surface area contributed by atoms with Crippen LogP contribution in [0.25, 0.3) is 5.70 Å². The highest BCUT2D eigenvalue weighted by atomic mass is 31.2. The van der Waals surface area contributed by atoms with E-state index in [1.54, 1.807) is 26.0 Å². The van der Waals surface area contributed by atoms with Crippen LogP contribution in [-0.2, 0) is 18.4 Å². The highest BCUT2D eigenvalue weighted by Gasteiger charge is 2.38. The fourth-order valence-electron chi connectivity index (χ4n) is 3.13. The first-order valence-electron chi connectivity index (χ1n) is 10.4. The number of hydrogen-bond acceptors (Lipinski definition) is 5. The van der Waals surface area contributed by atoms with Gasteiger partial charge in [0.25, 0.3) is 5.91 Å². The molecule has 0 aliphatic heterocycles. The van der Waals surface area contributed by atoms with E-state index in [0.717, 1.165) is 5.69 Å². The molecule has 0 radical (unpaired) electrons. The van der Waals surface area contributed by atoms with Crippen molar-refractivity contribution in [3.63, 3.8) is 0 Å². The first kappa shape index (κ1) is 23.5. The second kappa shape index (κ2) is 11.4. The van der Waals surface area contributed by atoms with Gasteiger partial charge in [-0.2, -0.15) is 0 Å². The minimum atomic E-state index is -3.98. The molecule has 0 bridgehead atoms. The van der Waals surface area contributed by atoms with Crippen molar-refractivity contribution < 1.29 is 18.4 Å². The fraction of sp³-hybridized carbons (Fsp3) is 0.160. The molecule has 0 heterocycles. The molecular formula is C25H27N2O4P. The van der Waals surface area contributed by atoms with E-state index >= 15 is 0 Å². The zero-order valence-electron chi connectivity index (χ0n) is 18.2. The second-order valence-electron chi connectivity index (χ2n) is 6.73. The highest BCUT2D eigenvalue weighted by Crippen LogP contribution is 2.58. The molecule has 1 amide bonds. The van der Waals surface area contributed by atoms with E-state index in [0.29, 0.717) is 16.9 Å². The summed E-state index contributed by atoms with van der Waals surface area (Å²) in [6.07, 6.45) is 0. The molecule has 0 aromatic heterocycles. The lowest BCUT2D eigenvalue weighted by Crippen LogP contribution is -2.20. The van der Waals surface area contributed by atoms with Crippen molar-refractivity contribution in [2.24, 2.45) is 0 Å². The molecule has 6 nitrogen and oxygen atoms in total. The Hall–Kier alpha value is -3.18. The molecule has 0 aliphatic carbocycles. The summed E-state index contributed by atoms with van der Waals surface area (Å²) in [7, 11) is -3.98. The summed E-state index contributed by atoms with van der Waals surface area (Å²) >= 11 is 0. The summed E-state index contributed by atoms with van der Waals surface area (Å²) in [5, 5.41) is 6.02. The normalized spacial score (nSPS) is 12.1. The first-order valence-corrected chi connectivity index (χ1v) is 12.0. The van der Waals surface area contributed by atoms with Crippen molar-refractivity contribution in [2.75, 3.05) is 23.8 Å². The standard InChI is InChI=1S/C25H27N2O4P/c1-3-30-32(29,31-4-2)24(25(28)27-22-18-12-7-13-19-22)23(20-14-8-5-9-15-20)26-21-16-10-6-11-17-21/h5-19,26H,3-4H2,1-2H3,(H,27,28)/b24-23+. The molecule has 3 rings (SSSR count). The number of rotatable bonds is 10. The molecule has 0 unspecified atom stereocenters. The Labute approximate surface area is 188 Å². The van der Waals surface area contributed by atoms with Crippen molar-refractivity contribution in [1.82, 2.24) is 0 Å². The van der Waals surface area contributed by atoms with Crippen molar-refractivity contribution in [2.45, 2.75) is 13.8 Å². The van der Waals surface area contributed by atoms with Gasteiger partial charge in [0, 0.05) is 11.4 Å².